The quantitative estimate of drug-likeness (QED) is 0.568. The van der Waals surface area contributed by atoms with Crippen LogP contribution in [0.5, 0.6) is 0 Å². The summed E-state index contributed by atoms with van der Waals surface area (Å²) in [6.45, 7) is 0. The maximum absolute atomic E-state index is 12.1. The fourth-order valence-electron chi connectivity index (χ4n) is 2.34. The van der Waals surface area contributed by atoms with E-state index in [9.17, 15) is 9.59 Å². The standard InChI is InChI=1S/C20H17N3O3/c1-26-20(25)16-6-5-7-17(12-16)22-19(24)11-10-15-13-21-23(14-15)18-8-3-2-4-9-18/h2-14H,1H3,(H,22,24)/b11-10+. The first kappa shape index (κ1) is 17.2. The van der Waals surface area contributed by atoms with E-state index in [4.69, 9.17) is 0 Å². The molecule has 0 radical (unpaired) electrons. The molecule has 1 N–H and O–H groups in total. The number of amides is 1. The fraction of sp³-hybridized carbons (Fsp3) is 0.0500. The van der Waals surface area contributed by atoms with Crippen LogP contribution in [-0.4, -0.2) is 28.8 Å². The molecular formula is C20H17N3O3. The molecule has 6 heteroatoms. The van der Waals surface area contributed by atoms with Crippen LogP contribution in [0.1, 0.15) is 15.9 Å². The molecule has 1 heterocycles. The van der Waals surface area contributed by atoms with Crippen molar-refractivity contribution in [2.45, 2.75) is 0 Å². The zero-order chi connectivity index (χ0) is 18.4. The second-order valence-corrected chi connectivity index (χ2v) is 5.45. The SMILES string of the molecule is COC(=O)c1cccc(NC(=O)/C=C/c2cnn(-c3ccccc3)c2)c1. The summed E-state index contributed by atoms with van der Waals surface area (Å²) in [7, 11) is 1.31. The van der Waals surface area contributed by atoms with Gasteiger partial charge in [-0.3, -0.25) is 4.79 Å². The molecule has 3 aromatic rings. The van der Waals surface area contributed by atoms with Gasteiger partial charge in [0.2, 0.25) is 5.91 Å². The van der Waals surface area contributed by atoms with Crippen molar-refractivity contribution in [3.05, 3.63) is 84.2 Å². The number of esters is 1. The number of anilines is 1. The van der Waals surface area contributed by atoms with Gasteiger partial charge < -0.3 is 10.1 Å². The number of rotatable bonds is 5. The van der Waals surface area contributed by atoms with E-state index in [1.54, 1.807) is 41.2 Å². The minimum atomic E-state index is -0.454. The van der Waals surface area contributed by atoms with Crippen LogP contribution in [0.4, 0.5) is 5.69 Å². The fourth-order valence-corrected chi connectivity index (χ4v) is 2.34. The van der Waals surface area contributed by atoms with Crippen LogP contribution in [0.2, 0.25) is 0 Å². The molecule has 0 fully saturated rings. The molecule has 0 bridgehead atoms. The van der Waals surface area contributed by atoms with Crippen LogP contribution in [0.25, 0.3) is 11.8 Å². The van der Waals surface area contributed by atoms with Gasteiger partial charge in [0.25, 0.3) is 0 Å². The summed E-state index contributed by atoms with van der Waals surface area (Å²) >= 11 is 0. The van der Waals surface area contributed by atoms with Crippen molar-refractivity contribution in [2.24, 2.45) is 0 Å². The van der Waals surface area contributed by atoms with Crippen molar-refractivity contribution < 1.29 is 14.3 Å². The van der Waals surface area contributed by atoms with Crippen LogP contribution < -0.4 is 5.32 Å². The summed E-state index contributed by atoms with van der Waals surface area (Å²) < 4.78 is 6.40. The predicted octanol–water partition coefficient (Wildman–Crippen LogP) is 3.31. The average Bonchev–Trinajstić information content (AvgIpc) is 3.16. The van der Waals surface area contributed by atoms with E-state index in [2.05, 4.69) is 15.2 Å². The smallest absolute Gasteiger partial charge is 0.337 e. The second kappa shape index (κ2) is 7.94. The lowest BCUT2D eigenvalue weighted by molar-refractivity contribution is -0.111. The van der Waals surface area contributed by atoms with Gasteiger partial charge in [0.15, 0.2) is 0 Å². The normalized spacial score (nSPS) is 10.7. The summed E-state index contributed by atoms with van der Waals surface area (Å²) in [4.78, 5) is 23.6. The van der Waals surface area contributed by atoms with E-state index in [1.165, 1.54) is 13.2 Å². The summed E-state index contributed by atoms with van der Waals surface area (Å²) in [5.41, 5.74) is 2.63. The monoisotopic (exact) mass is 347 g/mol. The molecule has 0 spiro atoms. The van der Waals surface area contributed by atoms with Crippen molar-refractivity contribution >= 4 is 23.6 Å². The number of para-hydroxylation sites is 1. The van der Waals surface area contributed by atoms with E-state index >= 15 is 0 Å². The molecule has 130 valence electrons. The lowest BCUT2D eigenvalue weighted by Crippen LogP contribution is -2.09. The van der Waals surface area contributed by atoms with Crippen LogP contribution in [0.3, 0.4) is 0 Å². The Bertz CT molecular complexity index is 946. The number of carbonyl (C=O) groups excluding carboxylic acids is 2. The topological polar surface area (TPSA) is 73.2 Å². The minimum Gasteiger partial charge on any atom is -0.465 e. The third kappa shape index (κ3) is 4.24. The predicted molar refractivity (Wildman–Crippen MR) is 99.0 cm³/mol. The van der Waals surface area contributed by atoms with E-state index in [0.717, 1.165) is 11.3 Å². The number of nitrogens with one attached hydrogen (secondary N) is 1. The highest BCUT2D eigenvalue weighted by Gasteiger charge is 2.06. The number of methoxy groups -OCH3 is 1. The molecule has 6 nitrogen and oxygen atoms in total. The van der Waals surface area contributed by atoms with E-state index < -0.39 is 5.97 Å². The zero-order valence-electron chi connectivity index (χ0n) is 14.1. The zero-order valence-corrected chi connectivity index (χ0v) is 14.1. The van der Waals surface area contributed by atoms with Gasteiger partial charge in [-0.1, -0.05) is 24.3 Å². The molecule has 0 aliphatic carbocycles. The maximum atomic E-state index is 12.1. The Balaban J connectivity index is 1.65. The van der Waals surface area contributed by atoms with Gasteiger partial charge in [-0.05, 0) is 36.4 Å². The first-order valence-corrected chi connectivity index (χ1v) is 7.93. The molecule has 0 saturated carbocycles. The first-order valence-electron chi connectivity index (χ1n) is 7.93. The van der Waals surface area contributed by atoms with Crippen LogP contribution in [-0.2, 0) is 9.53 Å². The minimum absolute atomic E-state index is 0.306. The molecule has 0 aliphatic rings. The van der Waals surface area contributed by atoms with Crippen molar-refractivity contribution in [1.29, 1.82) is 0 Å². The number of hydrogen-bond acceptors (Lipinski definition) is 4. The Morgan fingerprint density at radius 3 is 2.69 bits per heavy atom. The largest absolute Gasteiger partial charge is 0.465 e. The Labute approximate surface area is 150 Å². The lowest BCUT2D eigenvalue weighted by Gasteiger charge is -2.04. The van der Waals surface area contributed by atoms with Crippen LogP contribution in [0, 0.1) is 0 Å². The van der Waals surface area contributed by atoms with E-state index in [1.807, 2.05) is 36.5 Å². The number of nitrogens with zero attached hydrogens (tertiary/aromatic N) is 2. The van der Waals surface area contributed by atoms with Gasteiger partial charge in [-0.2, -0.15) is 5.10 Å². The summed E-state index contributed by atoms with van der Waals surface area (Å²) in [5, 5.41) is 6.98. The highest BCUT2D eigenvalue weighted by molar-refractivity contribution is 6.02. The number of aromatic nitrogens is 2. The molecular weight excluding hydrogens is 330 g/mol. The number of carbonyl (C=O) groups is 2. The molecule has 0 unspecified atom stereocenters. The number of ether oxygens (including phenoxy) is 1. The van der Waals surface area contributed by atoms with Crippen molar-refractivity contribution in [1.82, 2.24) is 9.78 Å². The van der Waals surface area contributed by atoms with Gasteiger partial charge in [-0.15, -0.1) is 0 Å². The van der Waals surface area contributed by atoms with Crippen LogP contribution in [0.15, 0.2) is 73.1 Å². The highest BCUT2D eigenvalue weighted by atomic mass is 16.5. The van der Waals surface area contributed by atoms with Crippen molar-refractivity contribution in [3.8, 4) is 5.69 Å². The Morgan fingerprint density at radius 1 is 1.12 bits per heavy atom. The van der Waals surface area contributed by atoms with Gasteiger partial charge >= 0.3 is 5.97 Å². The second-order valence-electron chi connectivity index (χ2n) is 5.45. The van der Waals surface area contributed by atoms with Gasteiger partial charge in [0, 0.05) is 23.5 Å². The molecule has 3 rings (SSSR count). The molecule has 1 amide bonds. The van der Waals surface area contributed by atoms with Gasteiger partial charge in [0.05, 0.1) is 24.6 Å². The number of hydrogen-bond donors (Lipinski definition) is 1. The lowest BCUT2D eigenvalue weighted by atomic mass is 10.2. The molecule has 2 aromatic carbocycles. The molecule has 0 saturated heterocycles. The third-order valence-electron chi connectivity index (χ3n) is 3.60. The van der Waals surface area contributed by atoms with E-state index in [-0.39, 0.29) is 5.91 Å². The first-order chi connectivity index (χ1) is 12.7. The van der Waals surface area contributed by atoms with Crippen molar-refractivity contribution in [2.75, 3.05) is 12.4 Å². The Kier molecular flexibility index (Phi) is 5.24. The molecule has 0 aliphatic heterocycles. The summed E-state index contributed by atoms with van der Waals surface area (Å²) in [6.07, 6.45) is 6.59. The Hall–Kier alpha value is -3.67. The number of benzene rings is 2. The van der Waals surface area contributed by atoms with E-state index in [0.29, 0.717) is 11.3 Å². The molecule has 0 atom stereocenters. The molecule has 26 heavy (non-hydrogen) atoms. The maximum Gasteiger partial charge on any atom is 0.337 e. The molecule has 1 aromatic heterocycles. The summed E-state index contributed by atoms with van der Waals surface area (Å²) in [5.74, 6) is -0.760. The highest BCUT2D eigenvalue weighted by Crippen LogP contribution is 2.12. The van der Waals surface area contributed by atoms with Gasteiger partial charge in [-0.25, -0.2) is 9.48 Å². The Morgan fingerprint density at radius 2 is 1.92 bits per heavy atom. The van der Waals surface area contributed by atoms with Crippen molar-refractivity contribution in [3.63, 3.8) is 0 Å². The average molecular weight is 347 g/mol. The third-order valence-corrected chi connectivity index (χ3v) is 3.60. The van der Waals surface area contributed by atoms with Gasteiger partial charge in [0.1, 0.15) is 0 Å². The summed E-state index contributed by atoms with van der Waals surface area (Å²) in [6, 6.07) is 16.3. The van der Waals surface area contributed by atoms with Crippen LogP contribution >= 0.6 is 0 Å².